The minimum Gasteiger partial charge on any atom is -0.341 e. The average Bonchev–Trinajstić information content (AvgIpc) is 2.42. The van der Waals surface area contributed by atoms with E-state index in [0.717, 1.165) is 32.5 Å². The predicted octanol–water partition coefficient (Wildman–Crippen LogP) is 2.26. The van der Waals surface area contributed by atoms with Crippen molar-refractivity contribution in [2.75, 3.05) is 26.2 Å². The Labute approximate surface area is 117 Å². The van der Waals surface area contributed by atoms with Crippen molar-refractivity contribution >= 4 is 5.91 Å². The Bertz CT molecular complexity index is 316. The van der Waals surface area contributed by atoms with Gasteiger partial charge >= 0.3 is 0 Å². The van der Waals surface area contributed by atoms with Crippen LogP contribution in [0.2, 0.25) is 0 Å². The highest BCUT2D eigenvalue weighted by Gasteiger charge is 2.26. The Morgan fingerprint density at radius 2 is 1.89 bits per heavy atom. The molecule has 1 aliphatic heterocycles. The number of carbonyl (C=O) groups is 1. The number of likely N-dealkylation sites (tertiary alicyclic amines) is 1. The Hall–Kier alpha value is -1.08. The molecule has 1 fully saturated rings. The molecule has 108 valence electrons. The quantitative estimate of drug-likeness (QED) is 0.740. The number of nitrogens with zero attached hydrogens (tertiary/aromatic N) is 3. The van der Waals surface area contributed by atoms with Gasteiger partial charge in [-0.2, -0.15) is 5.26 Å². The van der Waals surface area contributed by atoms with Gasteiger partial charge in [0, 0.05) is 32.6 Å². The summed E-state index contributed by atoms with van der Waals surface area (Å²) >= 11 is 0. The summed E-state index contributed by atoms with van der Waals surface area (Å²) in [5.41, 5.74) is 0. The predicted molar refractivity (Wildman–Crippen MR) is 76.5 cm³/mol. The second kappa shape index (κ2) is 8.16. The maximum Gasteiger partial charge on any atom is 0.239 e. The molecule has 19 heavy (non-hydrogen) atoms. The van der Waals surface area contributed by atoms with Crippen LogP contribution in [-0.2, 0) is 4.79 Å². The molecule has 1 saturated heterocycles. The molecule has 1 heterocycles. The molecule has 0 aromatic carbocycles. The maximum absolute atomic E-state index is 12.5. The molecule has 0 bridgehead atoms. The lowest BCUT2D eigenvalue weighted by Gasteiger charge is -2.35. The van der Waals surface area contributed by atoms with Gasteiger partial charge in [0.2, 0.25) is 5.91 Å². The number of rotatable bonds is 6. The molecule has 1 atom stereocenters. The first-order valence-electron chi connectivity index (χ1n) is 7.46. The van der Waals surface area contributed by atoms with Gasteiger partial charge in [-0.1, -0.05) is 13.8 Å². The summed E-state index contributed by atoms with van der Waals surface area (Å²) in [7, 11) is 0. The van der Waals surface area contributed by atoms with Crippen molar-refractivity contribution < 1.29 is 4.79 Å². The van der Waals surface area contributed by atoms with Crippen LogP contribution in [0.1, 0.15) is 46.5 Å². The SMILES string of the molecule is CC(C)CN(CCC#N)C(C)C(=O)N1CCCCC1. The normalized spacial score (nSPS) is 17.6. The van der Waals surface area contributed by atoms with Crippen molar-refractivity contribution in [2.45, 2.75) is 52.5 Å². The molecule has 1 rings (SSSR count). The van der Waals surface area contributed by atoms with E-state index in [1.807, 2.05) is 11.8 Å². The fraction of sp³-hybridized carbons (Fsp3) is 0.867. The van der Waals surface area contributed by atoms with E-state index in [1.54, 1.807) is 0 Å². The second-order valence-corrected chi connectivity index (χ2v) is 5.86. The zero-order chi connectivity index (χ0) is 14.3. The van der Waals surface area contributed by atoms with Crippen LogP contribution in [0.5, 0.6) is 0 Å². The Morgan fingerprint density at radius 1 is 1.26 bits per heavy atom. The summed E-state index contributed by atoms with van der Waals surface area (Å²) in [5.74, 6) is 0.744. The molecule has 1 aliphatic rings. The van der Waals surface area contributed by atoms with Crippen molar-refractivity contribution in [3.05, 3.63) is 0 Å². The van der Waals surface area contributed by atoms with Crippen LogP contribution >= 0.6 is 0 Å². The van der Waals surface area contributed by atoms with E-state index in [1.165, 1.54) is 6.42 Å². The summed E-state index contributed by atoms with van der Waals surface area (Å²) in [6.45, 7) is 9.65. The maximum atomic E-state index is 12.5. The molecule has 0 radical (unpaired) electrons. The van der Waals surface area contributed by atoms with Crippen LogP contribution in [0.25, 0.3) is 0 Å². The summed E-state index contributed by atoms with van der Waals surface area (Å²) in [4.78, 5) is 16.6. The third-order valence-corrected chi connectivity index (χ3v) is 3.68. The first-order valence-corrected chi connectivity index (χ1v) is 7.46. The zero-order valence-electron chi connectivity index (χ0n) is 12.6. The molecule has 4 heteroatoms. The third-order valence-electron chi connectivity index (χ3n) is 3.68. The van der Waals surface area contributed by atoms with Crippen molar-refractivity contribution in [1.82, 2.24) is 9.80 Å². The lowest BCUT2D eigenvalue weighted by Crippen LogP contribution is -2.49. The molecule has 1 amide bonds. The van der Waals surface area contributed by atoms with Gasteiger partial charge < -0.3 is 4.90 Å². The van der Waals surface area contributed by atoms with Crippen LogP contribution in [0.15, 0.2) is 0 Å². The first-order chi connectivity index (χ1) is 9.06. The van der Waals surface area contributed by atoms with Crippen LogP contribution in [0.4, 0.5) is 0 Å². The van der Waals surface area contributed by atoms with Crippen LogP contribution in [-0.4, -0.2) is 47.9 Å². The standard InChI is InChI=1S/C15H27N3O/c1-13(2)12-18(11-7-8-16)14(3)15(19)17-9-5-4-6-10-17/h13-14H,4-7,9-12H2,1-3H3. The van der Waals surface area contributed by atoms with Crippen LogP contribution in [0.3, 0.4) is 0 Å². The molecule has 0 aliphatic carbocycles. The first kappa shape index (κ1) is 16.0. The fourth-order valence-electron chi connectivity index (χ4n) is 2.64. The van der Waals surface area contributed by atoms with Gasteiger partial charge in [0.15, 0.2) is 0 Å². The highest BCUT2D eigenvalue weighted by molar-refractivity contribution is 5.81. The molecule has 0 spiro atoms. The van der Waals surface area contributed by atoms with E-state index in [4.69, 9.17) is 5.26 Å². The monoisotopic (exact) mass is 265 g/mol. The lowest BCUT2D eigenvalue weighted by molar-refractivity contribution is -0.137. The van der Waals surface area contributed by atoms with E-state index < -0.39 is 0 Å². The highest BCUT2D eigenvalue weighted by atomic mass is 16.2. The zero-order valence-corrected chi connectivity index (χ0v) is 12.6. The summed E-state index contributed by atoms with van der Waals surface area (Å²) in [5, 5.41) is 8.75. The Kier molecular flexibility index (Phi) is 6.86. The van der Waals surface area contributed by atoms with E-state index in [2.05, 4.69) is 24.8 Å². The van der Waals surface area contributed by atoms with Crippen LogP contribution in [0, 0.1) is 17.2 Å². The van der Waals surface area contributed by atoms with Gasteiger partial charge in [0.1, 0.15) is 0 Å². The number of amides is 1. The third kappa shape index (κ3) is 5.20. The summed E-state index contributed by atoms with van der Waals surface area (Å²) < 4.78 is 0. The Balaban J connectivity index is 2.59. The largest absolute Gasteiger partial charge is 0.341 e. The van der Waals surface area contributed by atoms with E-state index in [-0.39, 0.29) is 11.9 Å². The molecule has 0 N–H and O–H groups in total. The van der Waals surface area contributed by atoms with E-state index in [9.17, 15) is 4.79 Å². The number of hydrogen-bond donors (Lipinski definition) is 0. The minimum absolute atomic E-state index is 0.103. The second-order valence-electron chi connectivity index (χ2n) is 5.86. The van der Waals surface area contributed by atoms with Gasteiger partial charge in [0.25, 0.3) is 0 Å². The Morgan fingerprint density at radius 3 is 2.42 bits per heavy atom. The smallest absolute Gasteiger partial charge is 0.239 e. The molecular formula is C15H27N3O. The molecule has 0 aromatic rings. The van der Waals surface area contributed by atoms with Crippen LogP contribution < -0.4 is 0 Å². The summed E-state index contributed by atoms with van der Waals surface area (Å²) in [6.07, 6.45) is 3.98. The molecular weight excluding hydrogens is 238 g/mol. The number of hydrogen-bond acceptors (Lipinski definition) is 3. The molecule has 1 unspecified atom stereocenters. The van der Waals surface area contributed by atoms with Gasteiger partial charge in [-0.3, -0.25) is 9.69 Å². The van der Waals surface area contributed by atoms with Crippen molar-refractivity contribution in [3.8, 4) is 6.07 Å². The average molecular weight is 265 g/mol. The highest BCUT2D eigenvalue weighted by Crippen LogP contribution is 2.14. The topological polar surface area (TPSA) is 47.3 Å². The summed E-state index contributed by atoms with van der Waals surface area (Å²) in [6, 6.07) is 2.08. The lowest BCUT2D eigenvalue weighted by atomic mass is 10.1. The molecule has 4 nitrogen and oxygen atoms in total. The number of piperidine rings is 1. The number of carbonyl (C=O) groups excluding carboxylic acids is 1. The van der Waals surface area contributed by atoms with Gasteiger partial charge in [-0.15, -0.1) is 0 Å². The minimum atomic E-state index is -0.103. The van der Waals surface area contributed by atoms with Gasteiger partial charge in [0.05, 0.1) is 12.1 Å². The van der Waals surface area contributed by atoms with E-state index in [0.29, 0.717) is 18.9 Å². The van der Waals surface area contributed by atoms with E-state index >= 15 is 0 Å². The molecule has 0 saturated carbocycles. The molecule has 0 aromatic heterocycles. The van der Waals surface area contributed by atoms with Crippen molar-refractivity contribution in [3.63, 3.8) is 0 Å². The fourth-order valence-corrected chi connectivity index (χ4v) is 2.64. The van der Waals surface area contributed by atoms with Crippen molar-refractivity contribution in [2.24, 2.45) is 5.92 Å². The van der Waals surface area contributed by atoms with Gasteiger partial charge in [-0.25, -0.2) is 0 Å². The van der Waals surface area contributed by atoms with Crippen molar-refractivity contribution in [1.29, 1.82) is 5.26 Å². The number of nitriles is 1. The van der Waals surface area contributed by atoms with Gasteiger partial charge in [-0.05, 0) is 32.1 Å².